The summed E-state index contributed by atoms with van der Waals surface area (Å²) >= 11 is 0. The fraction of sp³-hybridized carbons (Fsp3) is 0.462. The number of aliphatic hydroxyl groups excluding tert-OH is 1. The Bertz CT molecular complexity index is 493. The van der Waals surface area contributed by atoms with Gasteiger partial charge in [-0.15, -0.1) is 0 Å². The molecule has 2 rings (SSSR count). The fourth-order valence-electron chi connectivity index (χ4n) is 2.25. The van der Waals surface area contributed by atoms with Crippen LogP contribution in [0.5, 0.6) is 0 Å². The predicted octanol–water partition coefficient (Wildman–Crippen LogP) is 1.13. The van der Waals surface area contributed by atoms with Crippen molar-refractivity contribution < 1.29 is 14.7 Å². The van der Waals surface area contributed by atoms with Gasteiger partial charge < -0.3 is 20.9 Å². The van der Waals surface area contributed by atoms with E-state index >= 15 is 0 Å². The van der Waals surface area contributed by atoms with Crippen LogP contribution in [0.15, 0.2) is 23.4 Å². The second-order valence-corrected chi connectivity index (χ2v) is 4.93. The Morgan fingerprint density at radius 1 is 1.53 bits per heavy atom. The molecule has 1 heterocycles. The molecule has 0 aromatic heterocycles. The second kappa shape index (κ2) is 5.44. The summed E-state index contributed by atoms with van der Waals surface area (Å²) < 4.78 is 14.0. The van der Waals surface area contributed by atoms with E-state index in [1.54, 1.807) is 12.1 Å². The van der Waals surface area contributed by atoms with Gasteiger partial charge in [-0.2, -0.15) is 0 Å². The first-order chi connectivity index (χ1) is 9.02. The number of hydrogen-bond acceptors (Lipinski definition) is 4. The number of nitrogens with zero attached hydrogens (tertiary/aromatic N) is 2. The molecule has 1 saturated heterocycles. The fourth-order valence-corrected chi connectivity index (χ4v) is 2.25. The van der Waals surface area contributed by atoms with Gasteiger partial charge in [-0.25, -0.2) is 4.39 Å². The molecule has 0 spiro atoms. The van der Waals surface area contributed by atoms with E-state index in [-0.39, 0.29) is 11.8 Å². The van der Waals surface area contributed by atoms with Crippen molar-refractivity contribution in [2.45, 2.75) is 19.4 Å². The highest BCUT2D eigenvalue weighted by molar-refractivity contribution is 5.97. The van der Waals surface area contributed by atoms with Crippen LogP contribution in [0, 0.1) is 11.7 Å². The Morgan fingerprint density at radius 2 is 2.26 bits per heavy atom. The van der Waals surface area contributed by atoms with Crippen molar-refractivity contribution in [2.24, 2.45) is 16.8 Å². The van der Waals surface area contributed by atoms with Crippen LogP contribution in [0.1, 0.15) is 18.9 Å². The molecule has 1 aliphatic rings. The number of hydrogen-bond donors (Lipinski definition) is 3. The molecule has 5 nitrogen and oxygen atoms in total. The van der Waals surface area contributed by atoms with Gasteiger partial charge in [-0.3, -0.25) is 0 Å². The van der Waals surface area contributed by atoms with Crippen LogP contribution in [0.25, 0.3) is 0 Å². The van der Waals surface area contributed by atoms with Gasteiger partial charge in [0.1, 0.15) is 5.82 Å². The van der Waals surface area contributed by atoms with E-state index in [9.17, 15) is 9.50 Å². The zero-order valence-corrected chi connectivity index (χ0v) is 10.8. The third-order valence-corrected chi connectivity index (χ3v) is 3.61. The van der Waals surface area contributed by atoms with Gasteiger partial charge >= 0.3 is 0 Å². The summed E-state index contributed by atoms with van der Waals surface area (Å²) in [5.74, 6) is -0.334. The van der Waals surface area contributed by atoms with Gasteiger partial charge in [-0.1, -0.05) is 12.1 Å². The van der Waals surface area contributed by atoms with Crippen LogP contribution in [-0.2, 0) is 0 Å². The van der Waals surface area contributed by atoms with Crippen molar-refractivity contribution in [3.63, 3.8) is 0 Å². The molecule has 1 aromatic carbocycles. The third-order valence-electron chi connectivity index (χ3n) is 3.61. The van der Waals surface area contributed by atoms with Gasteiger partial charge in [0.2, 0.25) is 0 Å². The van der Waals surface area contributed by atoms with E-state index in [0.29, 0.717) is 24.3 Å². The van der Waals surface area contributed by atoms with Crippen molar-refractivity contribution in [1.82, 2.24) is 0 Å². The summed E-state index contributed by atoms with van der Waals surface area (Å²) in [6.07, 6.45) is 0.375. The van der Waals surface area contributed by atoms with Crippen LogP contribution >= 0.6 is 0 Å². The second-order valence-electron chi connectivity index (χ2n) is 4.93. The number of anilines is 1. The topological polar surface area (TPSA) is 82.1 Å². The Balaban J connectivity index is 2.22. The van der Waals surface area contributed by atoms with E-state index in [1.807, 2.05) is 11.8 Å². The van der Waals surface area contributed by atoms with Crippen LogP contribution < -0.4 is 10.6 Å². The first kappa shape index (κ1) is 13.6. The van der Waals surface area contributed by atoms with Crippen molar-refractivity contribution in [3.8, 4) is 0 Å². The van der Waals surface area contributed by atoms with E-state index in [0.717, 1.165) is 6.42 Å². The predicted molar refractivity (Wildman–Crippen MR) is 70.9 cm³/mol. The third kappa shape index (κ3) is 2.78. The number of β-amino-alcohol motifs (C(OH)–C–C–N with tert-alkyl or cyclic N) is 1. The molecular weight excluding hydrogens is 249 g/mol. The zero-order chi connectivity index (χ0) is 14.0. The van der Waals surface area contributed by atoms with E-state index < -0.39 is 11.9 Å². The molecule has 0 saturated carbocycles. The summed E-state index contributed by atoms with van der Waals surface area (Å²) in [6.45, 7) is 3.11. The smallest absolute Gasteiger partial charge is 0.170 e. The minimum Gasteiger partial charge on any atom is -0.409 e. The molecule has 6 heteroatoms. The van der Waals surface area contributed by atoms with Gasteiger partial charge in [0.25, 0.3) is 0 Å². The SMILES string of the molecule is CC1CCN(c2ccc(/C(N)=N/O)cc2F)CC1O. The van der Waals surface area contributed by atoms with E-state index in [4.69, 9.17) is 10.9 Å². The first-order valence-corrected chi connectivity index (χ1v) is 6.23. The Kier molecular flexibility index (Phi) is 3.90. The highest BCUT2D eigenvalue weighted by Gasteiger charge is 2.25. The van der Waals surface area contributed by atoms with Gasteiger partial charge in [0.15, 0.2) is 5.84 Å². The van der Waals surface area contributed by atoms with Crippen molar-refractivity contribution in [1.29, 1.82) is 0 Å². The summed E-state index contributed by atoms with van der Waals surface area (Å²) in [6, 6.07) is 4.41. The lowest BCUT2D eigenvalue weighted by Crippen LogP contribution is -2.43. The van der Waals surface area contributed by atoms with E-state index in [2.05, 4.69) is 5.16 Å². The maximum atomic E-state index is 14.0. The van der Waals surface area contributed by atoms with Crippen LogP contribution in [-0.4, -0.2) is 35.3 Å². The van der Waals surface area contributed by atoms with Crippen LogP contribution in [0.4, 0.5) is 10.1 Å². The highest BCUT2D eigenvalue weighted by Crippen LogP contribution is 2.26. The van der Waals surface area contributed by atoms with Gasteiger partial charge in [-0.05, 0) is 30.5 Å². The lowest BCUT2D eigenvalue weighted by molar-refractivity contribution is 0.102. The molecular formula is C13H18FN3O2. The molecule has 19 heavy (non-hydrogen) atoms. The molecule has 1 fully saturated rings. The molecule has 2 unspecified atom stereocenters. The summed E-state index contributed by atoms with van der Waals surface area (Å²) in [4.78, 5) is 1.82. The number of piperidine rings is 1. The molecule has 0 radical (unpaired) electrons. The van der Waals surface area contributed by atoms with Gasteiger partial charge in [0, 0.05) is 18.7 Å². The number of amidine groups is 1. The van der Waals surface area contributed by atoms with Crippen molar-refractivity contribution >= 4 is 11.5 Å². The number of nitrogens with two attached hydrogens (primary N) is 1. The molecule has 0 bridgehead atoms. The maximum absolute atomic E-state index is 14.0. The summed E-state index contributed by atoms with van der Waals surface area (Å²) in [7, 11) is 0. The van der Waals surface area contributed by atoms with Crippen LogP contribution in [0.3, 0.4) is 0 Å². The maximum Gasteiger partial charge on any atom is 0.170 e. The number of benzene rings is 1. The Hall–Kier alpha value is -1.82. The average molecular weight is 267 g/mol. The monoisotopic (exact) mass is 267 g/mol. The first-order valence-electron chi connectivity index (χ1n) is 6.23. The molecule has 104 valence electrons. The van der Waals surface area contributed by atoms with E-state index in [1.165, 1.54) is 6.07 Å². The molecule has 0 amide bonds. The van der Waals surface area contributed by atoms with Gasteiger partial charge in [0.05, 0.1) is 11.8 Å². The minimum absolute atomic E-state index is 0.127. The summed E-state index contributed by atoms with van der Waals surface area (Å²) in [5.41, 5.74) is 6.17. The average Bonchev–Trinajstić information content (AvgIpc) is 2.41. The van der Waals surface area contributed by atoms with Crippen molar-refractivity contribution in [2.75, 3.05) is 18.0 Å². The standard InChI is InChI=1S/C13H18FN3O2/c1-8-4-5-17(7-12(8)18)11-3-2-9(6-10(11)14)13(15)16-19/h2-3,6,8,12,18-19H,4-5,7H2,1H3,(H2,15,16). The van der Waals surface area contributed by atoms with Crippen LogP contribution in [0.2, 0.25) is 0 Å². The zero-order valence-electron chi connectivity index (χ0n) is 10.8. The number of halogens is 1. The number of oxime groups is 1. The summed E-state index contributed by atoms with van der Waals surface area (Å²) in [5, 5.41) is 21.2. The minimum atomic E-state index is -0.447. The molecule has 1 aliphatic heterocycles. The highest BCUT2D eigenvalue weighted by atomic mass is 19.1. The normalized spacial score (nSPS) is 24.6. The number of rotatable bonds is 2. The molecule has 4 N–H and O–H groups in total. The number of aliphatic hydroxyl groups is 1. The Morgan fingerprint density at radius 3 is 2.84 bits per heavy atom. The molecule has 0 aliphatic carbocycles. The lowest BCUT2D eigenvalue weighted by atomic mass is 9.95. The lowest BCUT2D eigenvalue weighted by Gasteiger charge is -2.36. The Labute approximate surface area is 111 Å². The molecule has 1 aromatic rings. The largest absolute Gasteiger partial charge is 0.409 e. The molecule has 2 atom stereocenters. The van der Waals surface area contributed by atoms with Crippen molar-refractivity contribution in [3.05, 3.63) is 29.6 Å². The quantitative estimate of drug-likeness (QED) is 0.325.